The van der Waals surface area contributed by atoms with Crippen molar-refractivity contribution in [1.82, 2.24) is 0 Å². The van der Waals surface area contributed by atoms with Gasteiger partial charge in [0.15, 0.2) is 0 Å². The molecule has 0 saturated heterocycles. The van der Waals surface area contributed by atoms with Crippen molar-refractivity contribution < 1.29 is 9.90 Å². The number of carbonyl (C=O) groups is 1. The number of aliphatic hydroxyl groups is 1. The lowest BCUT2D eigenvalue weighted by molar-refractivity contribution is -0.152. The molecule has 3 aliphatic rings. The topological polar surface area (TPSA) is 37.3 Å². The molecule has 3 aliphatic carbocycles. The lowest BCUT2D eigenvalue weighted by Gasteiger charge is -2.57. The Morgan fingerprint density at radius 2 is 2.38 bits per heavy atom. The number of aliphatic hydroxyl groups excluding tert-OH is 1. The molecule has 3 unspecified atom stereocenters. The van der Waals surface area contributed by atoms with Gasteiger partial charge in [0.25, 0.3) is 0 Å². The summed E-state index contributed by atoms with van der Waals surface area (Å²) in [5.41, 5.74) is 0.248. The fourth-order valence-electron chi connectivity index (χ4n) is 3.22. The minimum absolute atomic E-state index is 0.248. The van der Waals surface area contributed by atoms with Crippen molar-refractivity contribution in [2.45, 2.75) is 39.0 Å². The second-order valence-corrected chi connectivity index (χ2v) is 4.82. The lowest BCUT2D eigenvalue weighted by Crippen LogP contribution is -2.54. The molecule has 0 heterocycles. The van der Waals surface area contributed by atoms with Crippen molar-refractivity contribution in [2.24, 2.45) is 17.3 Å². The number of carbonyl (C=O) groups excluding carboxylic acids is 1. The molecule has 0 aromatic heterocycles. The van der Waals surface area contributed by atoms with Gasteiger partial charge >= 0.3 is 0 Å². The summed E-state index contributed by atoms with van der Waals surface area (Å²) in [5, 5.41) is 8.79. The SMILES string of the molecule is CC1(CCCO)C2CCC(=O)C1C2. The first-order chi connectivity index (χ1) is 6.18. The molecule has 1 N–H and O–H groups in total. The average molecular weight is 182 g/mol. The van der Waals surface area contributed by atoms with E-state index in [2.05, 4.69) is 6.92 Å². The van der Waals surface area contributed by atoms with Crippen LogP contribution in [0.3, 0.4) is 0 Å². The third kappa shape index (κ3) is 1.23. The molecule has 0 spiro atoms. The number of hydrogen-bond acceptors (Lipinski definition) is 2. The van der Waals surface area contributed by atoms with Crippen molar-refractivity contribution in [3.05, 3.63) is 0 Å². The summed E-state index contributed by atoms with van der Waals surface area (Å²) in [6.45, 7) is 2.50. The molecule has 3 atom stereocenters. The maximum absolute atomic E-state index is 11.5. The molecule has 3 saturated carbocycles. The predicted octanol–water partition coefficient (Wildman–Crippen LogP) is 1.76. The Morgan fingerprint density at radius 1 is 1.62 bits per heavy atom. The molecule has 74 valence electrons. The van der Waals surface area contributed by atoms with Gasteiger partial charge in [0.1, 0.15) is 5.78 Å². The van der Waals surface area contributed by atoms with Gasteiger partial charge in [-0.15, -0.1) is 0 Å². The van der Waals surface area contributed by atoms with E-state index < -0.39 is 0 Å². The molecule has 0 aromatic carbocycles. The maximum atomic E-state index is 11.5. The van der Waals surface area contributed by atoms with E-state index in [-0.39, 0.29) is 12.0 Å². The highest BCUT2D eigenvalue weighted by atomic mass is 16.2. The summed E-state index contributed by atoms with van der Waals surface area (Å²) in [5.74, 6) is 1.57. The standard InChI is InChI=1S/C11H18O2/c1-11(5-2-6-12)8-3-4-10(13)9(11)7-8/h8-9,12H,2-7H2,1H3. The zero-order valence-corrected chi connectivity index (χ0v) is 8.25. The number of fused-ring (bicyclic) bond motifs is 2. The van der Waals surface area contributed by atoms with Gasteiger partial charge in [0, 0.05) is 18.9 Å². The summed E-state index contributed by atoms with van der Waals surface area (Å²) in [7, 11) is 0. The molecule has 0 radical (unpaired) electrons. The van der Waals surface area contributed by atoms with Gasteiger partial charge < -0.3 is 5.11 Å². The fraction of sp³-hybridized carbons (Fsp3) is 0.909. The molecular formula is C11H18O2. The minimum Gasteiger partial charge on any atom is -0.396 e. The molecule has 3 fully saturated rings. The zero-order chi connectivity index (χ0) is 9.47. The van der Waals surface area contributed by atoms with Crippen LogP contribution in [0.5, 0.6) is 0 Å². The van der Waals surface area contributed by atoms with E-state index in [1.165, 1.54) is 0 Å². The van der Waals surface area contributed by atoms with Crippen LogP contribution < -0.4 is 0 Å². The van der Waals surface area contributed by atoms with Crippen LogP contribution in [0.1, 0.15) is 39.0 Å². The summed E-state index contributed by atoms with van der Waals surface area (Å²) >= 11 is 0. The quantitative estimate of drug-likeness (QED) is 0.722. The van der Waals surface area contributed by atoms with Crippen LogP contribution >= 0.6 is 0 Å². The smallest absolute Gasteiger partial charge is 0.136 e. The Balaban J connectivity index is 2.02. The van der Waals surface area contributed by atoms with Gasteiger partial charge in [0.05, 0.1) is 0 Å². The molecular weight excluding hydrogens is 164 g/mol. The van der Waals surface area contributed by atoms with Crippen LogP contribution in [0.25, 0.3) is 0 Å². The van der Waals surface area contributed by atoms with E-state index in [0.29, 0.717) is 11.7 Å². The second-order valence-electron chi connectivity index (χ2n) is 4.82. The van der Waals surface area contributed by atoms with Crippen molar-refractivity contribution in [2.75, 3.05) is 6.61 Å². The van der Waals surface area contributed by atoms with Crippen LogP contribution in [0.2, 0.25) is 0 Å². The van der Waals surface area contributed by atoms with Gasteiger partial charge in [-0.3, -0.25) is 4.79 Å². The van der Waals surface area contributed by atoms with Crippen LogP contribution in [0, 0.1) is 17.3 Å². The minimum atomic E-state index is 0.248. The first-order valence-electron chi connectivity index (χ1n) is 5.32. The van der Waals surface area contributed by atoms with Crippen LogP contribution in [-0.2, 0) is 4.79 Å². The fourth-order valence-corrected chi connectivity index (χ4v) is 3.22. The highest BCUT2D eigenvalue weighted by Gasteiger charge is 2.56. The van der Waals surface area contributed by atoms with Crippen molar-refractivity contribution in [3.63, 3.8) is 0 Å². The number of ketones is 1. The largest absolute Gasteiger partial charge is 0.396 e. The highest BCUT2D eigenvalue weighted by molar-refractivity contribution is 5.84. The molecule has 0 amide bonds. The van der Waals surface area contributed by atoms with E-state index in [1.807, 2.05) is 0 Å². The zero-order valence-electron chi connectivity index (χ0n) is 8.25. The van der Waals surface area contributed by atoms with E-state index in [1.54, 1.807) is 0 Å². The van der Waals surface area contributed by atoms with Crippen molar-refractivity contribution >= 4 is 5.78 Å². The number of hydrogen-bond donors (Lipinski definition) is 1. The third-order valence-corrected chi connectivity index (χ3v) is 4.25. The molecule has 2 nitrogen and oxygen atoms in total. The molecule has 0 aromatic rings. The second kappa shape index (κ2) is 3.09. The average Bonchev–Trinajstić information content (AvgIpc) is 2.13. The summed E-state index contributed by atoms with van der Waals surface area (Å²) < 4.78 is 0. The van der Waals surface area contributed by atoms with Gasteiger partial charge in [-0.2, -0.15) is 0 Å². The highest BCUT2D eigenvalue weighted by Crippen LogP contribution is 2.60. The van der Waals surface area contributed by atoms with E-state index in [4.69, 9.17) is 5.11 Å². The van der Waals surface area contributed by atoms with Gasteiger partial charge in [-0.25, -0.2) is 0 Å². The Kier molecular flexibility index (Phi) is 2.18. The summed E-state index contributed by atoms with van der Waals surface area (Å²) in [6, 6.07) is 0. The van der Waals surface area contributed by atoms with Gasteiger partial charge in [0.2, 0.25) is 0 Å². The Hall–Kier alpha value is -0.370. The summed E-state index contributed by atoms with van der Waals surface area (Å²) in [6.07, 6.45) is 4.92. The third-order valence-electron chi connectivity index (χ3n) is 4.25. The molecule has 2 bridgehead atoms. The molecule has 0 aliphatic heterocycles. The van der Waals surface area contributed by atoms with Gasteiger partial charge in [-0.05, 0) is 37.0 Å². The van der Waals surface area contributed by atoms with Crippen LogP contribution in [0.4, 0.5) is 0 Å². The van der Waals surface area contributed by atoms with E-state index in [0.717, 1.165) is 38.0 Å². The normalized spacial score (nSPS) is 43.1. The Labute approximate surface area is 79.3 Å². The maximum Gasteiger partial charge on any atom is 0.136 e. The van der Waals surface area contributed by atoms with Crippen LogP contribution in [-0.4, -0.2) is 17.5 Å². The predicted molar refractivity (Wildman–Crippen MR) is 50.3 cm³/mol. The summed E-state index contributed by atoms with van der Waals surface area (Å²) in [4.78, 5) is 11.5. The van der Waals surface area contributed by atoms with E-state index >= 15 is 0 Å². The molecule has 2 heteroatoms. The Bertz CT molecular complexity index is 222. The number of rotatable bonds is 3. The van der Waals surface area contributed by atoms with Crippen molar-refractivity contribution in [1.29, 1.82) is 0 Å². The first-order valence-corrected chi connectivity index (χ1v) is 5.32. The van der Waals surface area contributed by atoms with Crippen molar-refractivity contribution in [3.8, 4) is 0 Å². The van der Waals surface area contributed by atoms with Crippen LogP contribution in [0.15, 0.2) is 0 Å². The lowest BCUT2D eigenvalue weighted by atomic mass is 9.46. The first kappa shape index (κ1) is 9.20. The van der Waals surface area contributed by atoms with E-state index in [9.17, 15) is 4.79 Å². The monoisotopic (exact) mass is 182 g/mol. The van der Waals surface area contributed by atoms with Gasteiger partial charge in [-0.1, -0.05) is 6.92 Å². The Morgan fingerprint density at radius 3 is 2.92 bits per heavy atom. The molecule has 13 heavy (non-hydrogen) atoms. The molecule has 3 rings (SSSR count). The number of Topliss-reactive ketones (excluding diaryl/α,β-unsaturated/α-hetero) is 1.